The fourth-order valence-electron chi connectivity index (χ4n) is 18.1. The molecular formula is C49H62N3O4+. The van der Waals surface area contributed by atoms with Gasteiger partial charge in [-0.05, 0) is 137 Å². The zero-order chi connectivity index (χ0) is 37.6. The molecular weight excluding hydrogens is 695 g/mol. The number of fused-ring (bicyclic) bond motifs is 6. The smallest absolute Gasteiger partial charge is 0.339 e. The van der Waals surface area contributed by atoms with E-state index in [4.69, 9.17) is 15.2 Å². The first-order chi connectivity index (χ1) is 27.2. The molecule has 3 unspecified atom stereocenters. The van der Waals surface area contributed by atoms with E-state index in [9.17, 15) is 4.79 Å². The first kappa shape index (κ1) is 34.2. The summed E-state index contributed by atoms with van der Waals surface area (Å²) < 4.78 is 14.3. The minimum atomic E-state index is -0.929. The lowest BCUT2D eigenvalue weighted by molar-refractivity contribution is -0.977. The predicted molar refractivity (Wildman–Crippen MR) is 212 cm³/mol. The Morgan fingerprint density at radius 3 is 2.73 bits per heavy atom. The van der Waals surface area contributed by atoms with Gasteiger partial charge in [0.15, 0.2) is 5.60 Å². The molecule has 8 fully saturated rings. The minimum absolute atomic E-state index is 0.0291. The molecule has 8 bridgehead atoms. The molecule has 1 aromatic rings. The van der Waals surface area contributed by atoms with Gasteiger partial charge >= 0.3 is 11.9 Å². The number of nitrogens with two attached hydrogens (primary N) is 1. The molecule has 14 rings (SSSR count). The summed E-state index contributed by atoms with van der Waals surface area (Å²) in [5.74, 6) is 5.14. The molecule has 13 aliphatic rings. The summed E-state index contributed by atoms with van der Waals surface area (Å²) in [6, 6.07) is 8.91. The molecule has 56 heavy (non-hydrogen) atoms. The van der Waals surface area contributed by atoms with Crippen molar-refractivity contribution in [3.8, 4) is 0 Å². The zero-order valence-electron chi connectivity index (χ0n) is 33.9. The Hall–Kier alpha value is -2.74. The van der Waals surface area contributed by atoms with Gasteiger partial charge in [0, 0.05) is 60.2 Å². The molecule has 3 N–H and O–H groups in total. The third kappa shape index (κ3) is 3.69. The highest BCUT2D eigenvalue weighted by Crippen LogP contribution is 2.88. The Balaban J connectivity index is 1.11. The Bertz CT molecular complexity index is 2070. The standard InChI is InChI=1S/C49H61N3O4/c1-25-9-10-30-21-35-26(2)19-31-12-14-38-32-20-33-24-52(38)44(31)42(35)34-15-16-47-40(22-29-11-13-37(33)51(23-32)27(29)3)55-46(54)48(47,43(30)34)39(18-25)49(47)36-8-4-6-28(7-5-17-50)41(36)45(53)56-49/h4,6,8,21-22,25-27,29,31-33,35,37-39,42,44H,5,7,9-20,23-24,50H2,1-3H3/p+1/t25-,26+,27+,29+,31-,32-,33+,35+,37-,38-,39-,42+,44?,47+,48+,49+/m0/s1. The van der Waals surface area contributed by atoms with E-state index in [2.05, 4.69) is 56.0 Å². The number of hydrogen-bond acceptors (Lipinski definition) is 6. The summed E-state index contributed by atoms with van der Waals surface area (Å²) in [5.41, 5.74) is 10.9. The highest BCUT2D eigenvalue weighted by Gasteiger charge is 2.93. The maximum absolute atomic E-state index is 15.8. The lowest BCUT2D eigenvalue weighted by Crippen LogP contribution is -3.24. The van der Waals surface area contributed by atoms with Crippen LogP contribution >= 0.6 is 0 Å². The number of rotatable bonds is 3. The topological polar surface area (TPSA) is 86.3 Å². The van der Waals surface area contributed by atoms with Crippen LogP contribution in [0.1, 0.15) is 119 Å². The number of piperidine rings is 4. The fraction of sp³-hybridized carbons (Fsp3) is 0.714. The second-order valence-corrected chi connectivity index (χ2v) is 21.6. The van der Waals surface area contributed by atoms with E-state index in [1.54, 1.807) is 5.57 Å². The number of carbonyl (C=O) groups excluding carboxylic acids is 2. The van der Waals surface area contributed by atoms with Crippen LogP contribution in [-0.4, -0.2) is 60.6 Å². The van der Waals surface area contributed by atoms with Gasteiger partial charge in [-0.1, -0.05) is 43.7 Å². The van der Waals surface area contributed by atoms with Crippen LogP contribution in [-0.2, 0) is 26.3 Å². The number of nitrogens with one attached hydrogen (secondary N) is 1. The van der Waals surface area contributed by atoms with E-state index in [1.165, 1.54) is 56.3 Å². The van der Waals surface area contributed by atoms with E-state index < -0.39 is 16.4 Å². The van der Waals surface area contributed by atoms with Crippen LogP contribution in [0, 0.1) is 64.1 Å². The molecule has 296 valence electrons. The van der Waals surface area contributed by atoms with Crippen molar-refractivity contribution in [3.63, 3.8) is 0 Å². The van der Waals surface area contributed by atoms with E-state index in [-0.39, 0.29) is 17.9 Å². The Morgan fingerprint density at radius 2 is 1.86 bits per heavy atom. The summed E-state index contributed by atoms with van der Waals surface area (Å²) in [4.78, 5) is 35.4. The minimum Gasteiger partial charge on any atom is -0.449 e. The molecule has 0 radical (unpaired) electrons. The number of ether oxygens (including phenoxy) is 2. The van der Waals surface area contributed by atoms with E-state index in [0.717, 1.165) is 97.6 Å². The highest BCUT2D eigenvalue weighted by molar-refractivity contribution is 6.00. The van der Waals surface area contributed by atoms with Gasteiger partial charge in [0.05, 0.1) is 29.6 Å². The fourth-order valence-corrected chi connectivity index (χ4v) is 18.1. The van der Waals surface area contributed by atoms with Crippen molar-refractivity contribution in [2.75, 3.05) is 19.6 Å². The number of benzene rings is 1. The van der Waals surface area contributed by atoms with Gasteiger partial charge in [-0.15, -0.1) is 0 Å². The SMILES string of the molecule is C[C@H]1CCC2=C[C@@H]3[C@H](C)C[C@@H]4CC[C@H]5[C@H]6C[C@@H]7C[NH+]5C4[C@@H]3C3=C2[C@]24C(=O)OC(=C[C@H]5CC[C@@H]7N(C6)[C@@H]5C)[C@@]2(CC3)[C@]2(OC(=O)c3c(CCCN)cccc32)[C@H]4C1. The van der Waals surface area contributed by atoms with E-state index in [0.29, 0.717) is 54.3 Å². The Labute approximate surface area is 332 Å². The zero-order valence-corrected chi connectivity index (χ0v) is 33.9. The quantitative estimate of drug-likeness (QED) is 0.354. The van der Waals surface area contributed by atoms with Crippen molar-refractivity contribution in [2.45, 2.75) is 134 Å². The number of carbonyl (C=O) groups is 2. The van der Waals surface area contributed by atoms with Crippen LogP contribution in [0.2, 0.25) is 0 Å². The maximum atomic E-state index is 15.8. The lowest BCUT2D eigenvalue weighted by Gasteiger charge is -2.72. The summed E-state index contributed by atoms with van der Waals surface area (Å²) in [7, 11) is 0. The molecule has 18 atom stereocenters. The van der Waals surface area contributed by atoms with Crippen LogP contribution in [0.3, 0.4) is 0 Å². The molecule has 8 aliphatic heterocycles. The van der Waals surface area contributed by atoms with Gasteiger partial charge in [-0.2, -0.15) is 0 Å². The average Bonchev–Trinajstić information content (AvgIpc) is 3.63. The van der Waals surface area contributed by atoms with Gasteiger partial charge < -0.3 is 20.1 Å². The summed E-state index contributed by atoms with van der Waals surface area (Å²) in [5, 5.41) is 0. The predicted octanol–water partition coefficient (Wildman–Crippen LogP) is 6.27. The molecule has 0 aromatic heterocycles. The van der Waals surface area contributed by atoms with Crippen LogP contribution in [0.25, 0.3) is 0 Å². The van der Waals surface area contributed by atoms with Crippen LogP contribution in [0.15, 0.2) is 52.8 Å². The number of quaternary nitrogens is 1. The van der Waals surface area contributed by atoms with Crippen LogP contribution in [0.5, 0.6) is 0 Å². The van der Waals surface area contributed by atoms with Crippen LogP contribution in [0.4, 0.5) is 0 Å². The van der Waals surface area contributed by atoms with Gasteiger partial charge in [0.2, 0.25) is 0 Å². The van der Waals surface area contributed by atoms with Crippen molar-refractivity contribution >= 4 is 11.9 Å². The summed E-state index contributed by atoms with van der Waals surface area (Å²) >= 11 is 0. The third-order valence-corrected chi connectivity index (χ3v) is 19.9. The van der Waals surface area contributed by atoms with Crippen molar-refractivity contribution in [1.29, 1.82) is 0 Å². The Kier molecular flexibility index (Phi) is 6.89. The normalized spacial score (nSPS) is 52.1. The lowest BCUT2D eigenvalue weighted by atomic mass is 9.27. The van der Waals surface area contributed by atoms with Crippen molar-refractivity contribution in [2.24, 2.45) is 69.8 Å². The number of hydrogen-bond donors (Lipinski definition) is 2. The van der Waals surface area contributed by atoms with Gasteiger partial charge in [0.25, 0.3) is 0 Å². The van der Waals surface area contributed by atoms with Crippen molar-refractivity contribution in [1.82, 2.24) is 4.90 Å². The van der Waals surface area contributed by atoms with Gasteiger partial charge in [0.1, 0.15) is 11.2 Å². The largest absolute Gasteiger partial charge is 0.449 e. The Morgan fingerprint density at radius 1 is 0.964 bits per heavy atom. The van der Waals surface area contributed by atoms with E-state index >= 15 is 4.79 Å². The van der Waals surface area contributed by atoms with Crippen molar-refractivity contribution in [3.05, 3.63) is 69.5 Å². The van der Waals surface area contributed by atoms with Gasteiger partial charge in [-0.3, -0.25) is 9.69 Å². The summed E-state index contributed by atoms with van der Waals surface area (Å²) in [6.45, 7) is 10.6. The molecule has 7 nitrogen and oxygen atoms in total. The monoisotopic (exact) mass is 756 g/mol. The maximum Gasteiger partial charge on any atom is 0.339 e. The highest BCUT2D eigenvalue weighted by atomic mass is 16.6. The molecule has 1 aromatic carbocycles. The first-order valence-corrected chi connectivity index (χ1v) is 23.3. The molecule has 5 saturated heterocycles. The molecule has 3 spiro atoms. The van der Waals surface area contributed by atoms with Crippen molar-refractivity contribution < 1.29 is 24.0 Å². The third-order valence-electron chi connectivity index (χ3n) is 19.9. The van der Waals surface area contributed by atoms with E-state index in [1.807, 2.05) is 4.90 Å². The average molecular weight is 757 g/mol. The second kappa shape index (κ2) is 11.3. The number of nitrogens with zero attached hydrogens (tertiary/aromatic N) is 1. The summed E-state index contributed by atoms with van der Waals surface area (Å²) in [6.07, 6.45) is 19.5. The molecule has 5 aliphatic carbocycles. The number of aryl methyl sites for hydroxylation is 1. The molecule has 8 heterocycles. The molecule has 3 saturated carbocycles. The molecule has 7 heteroatoms. The number of esters is 2. The number of allylic oxidation sites excluding steroid dienone is 2. The van der Waals surface area contributed by atoms with Gasteiger partial charge in [-0.25, -0.2) is 4.79 Å². The van der Waals surface area contributed by atoms with Crippen LogP contribution < -0.4 is 10.6 Å². The first-order valence-electron chi connectivity index (χ1n) is 23.3. The molecule has 0 amide bonds. The second-order valence-electron chi connectivity index (χ2n) is 21.6.